The Morgan fingerprint density at radius 2 is 2.33 bits per heavy atom. The first-order valence-electron chi connectivity index (χ1n) is 5.15. The molecule has 0 N–H and O–H groups in total. The molecule has 0 aromatic heterocycles. The fraction of sp³-hybridized carbons (Fsp3) is 0.333. The van der Waals surface area contributed by atoms with Crippen LogP contribution >= 0.6 is 11.8 Å². The van der Waals surface area contributed by atoms with Crippen LogP contribution in [0.5, 0.6) is 0 Å². The summed E-state index contributed by atoms with van der Waals surface area (Å²) in [6.07, 6.45) is 5.66. The van der Waals surface area contributed by atoms with E-state index in [1.54, 1.807) is 17.8 Å². The van der Waals surface area contributed by atoms with Crippen LogP contribution in [0.25, 0.3) is 0 Å². The molecule has 0 heterocycles. The maximum absolute atomic E-state index is 13.6. The van der Waals surface area contributed by atoms with Gasteiger partial charge in [-0.2, -0.15) is 11.8 Å². The zero-order chi connectivity index (χ0) is 11.1. The first kappa shape index (κ1) is 12.4. The average molecular weight is 222 g/mol. The minimum Gasteiger partial charge on any atom is -0.208 e. The minimum atomic E-state index is -0.0737. The second-order valence-electron chi connectivity index (χ2n) is 3.50. The largest absolute Gasteiger partial charge is 0.208 e. The predicted octanol–water partition coefficient (Wildman–Crippen LogP) is 2.40. The maximum Gasteiger partial charge on any atom is 0.165 e. The van der Waals surface area contributed by atoms with Gasteiger partial charge in [-0.3, -0.25) is 0 Å². The van der Waals surface area contributed by atoms with Gasteiger partial charge in [-0.1, -0.05) is 24.5 Å². The Morgan fingerprint density at radius 3 is 2.93 bits per heavy atom. The van der Waals surface area contributed by atoms with Crippen LogP contribution in [0.2, 0.25) is 6.32 Å². The van der Waals surface area contributed by atoms with Crippen LogP contribution in [-0.2, 0) is 6.42 Å². The summed E-state index contributed by atoms with van der Waals surface area (Å²) in [5.74, 6) is 0.973. The lowest BCUT2D eigenvalue weighted by molar-refractivity contribution is 0.634. The molecule has 0 saturated carbocycles. The normalized spacial score (nSPS) is 10.0. The smallest absolute Gasteiger partial charge is 0.165 e. The number of hydrogen-bond acceptors (Lipinski definition) is 1. The number of allylic oxidation sites excluding steroid dienone is 1. The van der Waals surface area contributed by atoms with Crippen molar-refractivity contribution < 1.29 is 4.39 Å². The molecular formula is C12H16BFS. The topological polar surface area (TPSA) is 0 Å². The molecule has 0 amide bonds. The Bertz CT molecular complexity index is 325. The highest BCUT2D eigenvalue weighted by molar-refractivity contribution is 7.98. The van der Waals surface area contributed by atoms with Crippen LogP contribution in [0.4, 0.5) is 4.39 Å². The molecule has 3 heteroatoms. The Labute approximate surface area is 96.2 Å². The molecule has 1 aromatic carbocycles. The van der Waals surface area contributed by atoms with Gasteiger partial charge in [0, 0.05) is 0 Å². The third kappa shape index (κ3) is 4.12. The lowest BCUT2D eigenvalue weighted by atomic mass is 9.67. The van der Waals surface area contributed by atoms with Gasteiger partial charge in [0.15, 0.2) is 7.28 Å². The van der Waals surface area contributed by atoms with E-state index < -0.39 is 0 Å². The fourth-order valence-corrected chi connectivity index (χ4v) is 1.87. The molecule has 0 aliphatic carbocycles. The van der Waals surface area contributed by atoms with Crippen molar-refractivity contribution in [3.63, 3.8) is 0 Å². The molecule has 1 rings (SSSR count). The molecule has 0 atom stereocenters. The van der Waals surface area contributed by atoms with Crippen molar-refractivity contribution in [1.29, 1.82) is 0 Å². The van der Waals surface area contributed by atoms with Crippen molar-refractivity contribution in [2.45, 2.75) is 12.7 Å². The minimum absolute atomic E-state index is 0.0737. The number of thioether (sulfide) groups is 1. The SMILES string of the molecule is C=CCBc1ccc(CCSC)cc1F. The summed E-state index contributed by atoms with van der Waals surface area (Å²) in [7, 11) is 0.748. The van der Waals surface area contributed by atoms with Gasteiger partial charge in [0.05, 0.1) is 0 Å². The van der Waals surface area contributed by atoms with Gasteiger partial charge in [0.2, 0.25) is 0 Å². The standard InChI is InChI=1S/C12H16BFS/c1-3-7-13-11-5-4-10(6-8-15-2)9-12(11)14/h3-5,9,13H,1,6-8H2,2H3. The summed E-state index contributed by atoms with van der Waals surface area (Å²) in [6.45, 7) is 3.64. The van der Waals surface area contributed by atoms with Crippen LogP contribution in [0.3, 0.4) is 0 Å². The second-order valence-corrected chi connectivity index (χ2v) is 4.48. The van der Waals surface area contributed by atoms with Gasteiger partial charge in [-0.15, -0.1) is 6.58 Å². The van der Waals surface area contributed by atoms with Crippen LogP contribution in [-0.4, -0.2) is 19.3 Å². The highest BCUT2D eigenvalue weighted by atomic mass is 32.2. The highest BCUT2D eigenvalue weighted by Gasteiger charge is 2.03. The van der Waals surface area contributed by atoms with E-state index in [4.69, 9.17) is 0 Å². The number of rotatable bonds is 6. The van der Waals surface area contributed by atoms with Gasteiger partial charge in [0.1, 0.15) is 5.82 Å². The molecule has 0 unspecified atom stereocenters. The Hall–Kier alpha value is -0.695. The van der Waals surface area contributed by atoms with Crippen molar-refractivity contribution in [1.82, 2.24) is 0 Å². The van der Waals surface area contributed by atoms with E-state index in [0.717, 1.165) is 36.8 Å². The van der Waals surface area contributed by atoms with Gasteiger partial charge < -0.3 is 0 Å². The quantitative estimate of drug-likeness (QED) is 0.526. The summed E-state index contributed by atoms with van der Waals surface area (Å²) >= 11 is 1.78. The van der Waals surface area contributed by atoms with Crippen LogP contribution in [0.15, 0.2) is 30.9 Å². The molecule has 0 aliphatic heterocycles. The zero-order valence-electron chi connectivity index (χ0n) is 9.13. The van der Waals surface area contributed by atoms with Crippen LogP contribution in [0.1, 0.15) is 5.56 Å². The van der Waals surface area contributed by atoms with Crippen molar-refractivity contribution in [2.75, 3.05) is 12.0 Å². The third-order valence-electron chi connectivity index (χ3n) is 2.33. The Morgan fingerprint density at radius 1 is 1.53 bits per heavy atom. The van der Waals surface area contributed by atoms with Crippen molar-refractivity contribution in [2.24, 2.45) is 0 Å². The number of benzene rings is 1. The molecule has 0 spiro atoms. The average Bonchev–Trinajstić information content (AvgIpc) is 2.25. The molecule has 80 valence electrons. The van der Waals surface area contributed by atoms with Gasteiger partial charge in [-0.25, -0.2) is 4.39 Å². The summed E-state index contributed by atoms with van der Waals surface area (Å²) in [6, 6.07) is 5.58. The highest BCUT2D eigenvalue weighted by Crippen LogP contribution is 2.06. The Kier molecular flexibility index (Phi) is 5.55. The lowest BCUT2D eigenvalue weighted by Gasteiger charge is -2.04. The van der Waals surface area contributed by atoms with E-state index in [9.17, 15) is 4.39 Å². The monoisotopic (exact) mass is 222 g/mol. The van der Waals surface area contributed by atoms with Crippen molar-refractivity contribution in [3.8, 4) is 0 Å². The number of hydrogen-bond donors (Lipinski definition) is 0. The molecular weight excluding hydrogens is 206 g/mol. The Balaban J connectivity index is 2.65. The van der Waals surface area contributed by atoms with Gasteiger partial charge in [0.25, 0.3) is 0 Å². The van der Waals surface area contributed by atoms with E-state index in [0.29, 0.717) is 0 Å². The summed E-state index contributed by atoms with van der Waals surface area (Å²) in [5, 5.41) is 0. The number of halogens is 1. The zero-order valence-corrected chi connectivity index (χ0v) is 9.95. The fourth-order valence-electron chi connectivity index (χ4n) is 1.43. The van der Waals surface area contributed by atoms with Gasteiger partial charge >= 0.3 is 0 Å². The first-order chi connectivity index (χ1) is 7.27. The predicted molar refractivity (Wildman–Crippen MR) is 70.3 cm³/mol. The van der Waals surface area contributed by atoms with E-state index in [-0.39, 0.29) is 5.82 Å². The van der Waals surface area contributed by atoms with Crippen LogP contribution in [0, 0.1) is 5.82 Å². The molecule has 0 aliphatic rings. The van der Waals surface area contributed by atoms with Crippen LogP contribution < -0.4 is 5.46 Å². The lowest BCUT2D eigenvalue weighted by Crippen LogP contribution is -2.17. The summed E-state index contributed by atoms with van der Waals surface area (Å²) in [4.78, 5) is 0. The van der Waals surface area contributed by atoms with E-state index in [2.05, 4.69) is 12.8 Å². The second kappa shape index (κ2) is 6.73. The molecule has 0 radical (unpaired) electrons. The summed E-state index contributed by atoms with van der Waals surface area (Å²) in [5.41, 5.74) is 1.88. The molecule has 0 bridgehead atoms. The molecule has 0 nitrogen and oxygen atoms in total. The van der Waals surface area contributed by atoms with E-state index >= 15 is 0 Å². The third-order valence-corrected chi connectivity index (χ3v) is 2.94. The van der Waals surface area contributed by atoms with Gasteiger partial charge in [-0.05, 0) is 35.5 Å². The number of aryl methyl sites for hydroxylation is 1. The first-order valence-corrected chi connectivity index (χ1v) is 6.54. The molecule has 0 fully saturated rings. The maximum atomic E-state index is 13.6. The van der Waals surface area contributed by atoms with Crippen molar-refractivity contribution >= 4 is 24.5 Å². The molecule has 15 heavy (non-hydrogen) atoms. The molecule has 1 aromatic rings. The van der Waals surface area contributed by atoms with E-state index in [1.165, 1.54) is 0 Å². The van der Waals surface area contributed by atoms with Crippen molar-refractivity contribution in [3.05, 3.63) is 42.2 Å². The van der Waals surface area contributed by atoms with E-state index in [1.807, 2.05) is 18.2 Å². The molecule has 0 saturated heterocycles. The summed E-state index contributed by atoms with van der Waals surface area (Å²) < 4.78 is 13.6.